The summed E-state index contributed by atoms with van der Waals surface area (Å²) in [6.45, 7) is 7.97. The third-order valence-electron chi connectivity index (χ3n) is 6.22. The summed E-state index contributed by atoms with van der Waals surface area (Å²) in [6.07, 6.45) is -3.17. The Balaban J connectivity index is 0.000000638. The molecule has 3 rings (SSSR count). The average molecular weight is 565 g/mol. The summed E-state index contributed by atoms with van der Waals surface area (Å²) in [6, 6.07) is 6.90. The van der Waals surface area contributed by atoms with Gasteiger partial charge in [-0.3, -0.25) is 9.59 Å². The Morgan fingerprint density at radius 2 is 1.68 bits per heavy atom. The second kappa shape index (κ2) is 13.9. The second-order valence-corrected chi connectivity index (χ2v) is 11.3. The van der Waals surface area contributed by atoms with E-state index in [1.807, 2.05) is 12.1 Å². The first-order valence-corrected chi connectivity index (χ1v) is 13.8. The van der Waals surface area contributed by atoms with Crippen molar-refractivity contribution in [3.8, 4) is 0 Å². The van der Waals surface area contributed by atoms with Gasteiger partial charge in [0.2, 0.25) is 21.8 Å². The molecule has 1 aromatic rings. The molecule has 2 aliphatic heterocycles. The zero-order valence-corrected chi connectivity index (χ0v) is 22.4. The van der Waals surface area contributed by atoms with E-state index in [0.717, 1.165) is 18.5 Å². The number of benzene rings is 1. The first kappa shape index (κ1) is 31.5. The van der Waals surface area contributed by atoms with Gasteiger partial charge in [-0.2, -0.15) is 17.5 Å². The predicted molar refractivity (Wildman–Crippen MR) is 133 cm³/mol. The van der Waals surface area contributed by atoms with E-state index in [1.54, 1.807) is 21.9 Å². The summed E-state index contributed by atoms with van der Waals surface area (Å²) >= 11 is 0. The first-order valence-electron chi connectivity index (χ1n) is 12.4. The van der Waals surface area contributed by atoms with Crippen molar-refractivity contribution < 1.29 is 41.1 Å². The van der Waals surface area contributed by atoms with Crippen LogP contribution in [0, 0.1) is 0 Å². The van der Waals surface area contributed by atoms with Crippen LogP contribution in [-0.2, 0) is 24.4 Å². The second-order valence-electron chi connectivity index (χ2n) is 9.33. The zero-order valence-electron chi connectivity index (χ0n) is 21.5. The molecule has 10 nitrogen and oxygen atoms in total. The van der Waals surface area contributed by atoms with Crippen LogP contribution in [0.2, 0.25) is 0 Å². The number of hydrogen-bond donors (Lipinski definition) is 2. The number of nitrogens with zero attached hydrogens (tertiary/aromatic N) is 3. The zero-order chi connectivity index (χ0) is 28.5. The summed E-state index contributed by atoms with van der Waals surface area (Å²) in [4.78, 5) is 37.3. The smallest absolute Gasteiger partial charge is 0.475 e. The summed E-state index contributed by atoms with van der Waals surface area (Å²) in [7, 11) is -3.82. The summed E-state index contributed by atoms with van der Waals surface area (Å²) in [5, 5.41) is 10.3. The molecular formula is C24H35F3N4O6S. The molecule has 2 amide bonds. The largest absolute Gasteiger partial charge is 0.490 e. The van der Waals surface area contributed by atoms with Crippen molar-refractivity contribution >= 4 is 27.8 Å². The van der Waals surface area contributed by atoms with Crippen molar-refractivity contribution in [1.29, 1.82) is 0 Å². The van der Waals surface area contributed by atoms with Crippen molar-refractivity contribution in [2.45, 2.75) is 50.1 Å². The molecule has 0 atom stereocenters. The third-order valence-corrected chi connectivity index (χ3v) is 8.07. The molecular weight excluding hydrogens is 529 g/mol. The van der Waals surface area contributed by atoms with Crippen LogP contribution in [0.25, 0.3) is 0 Å². The van der Waals surface area contributed by atoms with E-state index in [1.165, 1.54) is 4.31 Å². The van der Waals surface area contributed by atoms with Gasteiger partial charge in [-0.25, -0.2) is 13.2 Å². The van der Waals surface area contributed by atoms with Crippen molar-refractivity contribution in [2.24, 2.45) is 0 Å². The van der Waals surface area contributed by atoms with Crippen LogP contribution >= 0.6 is 0 Å². The molecule has 0 saturated carbocycles. The van der Waals surface area contributed by atoms with Gasteiger partial charge in [-0.15, -0.1) is 0 Å². The van der Waals surface area contributed by atoms with Gasteiger partial charge in [0.05, 0.1) is 11.4 Å². The number of sulfonamides is 1. The number of alkyl halides is 3. The Labute approximate surface area is 220 Å². The van der Waals surface area contributed by atoms with Crippen molar-refractivity contribution in [3.05, 3.63) is 29.8 Å². The Morgan fingerprint density at radius 1 is 1.11 bits per heavy atom. The molecule has 1 aromatic carbocycles. The lowest BCUT2D eigenvalue weighted by atomic mass is 10.0. The molecule has 2 aliphatic rings. The normalized spacial score (nSPS) is 16.6. The lowest BCUT2D eigenvalue weighted by Gasteiger charge is -2.30. The molecule has 2 saturated heterocycles. The number of likely N-dealkylation sites (tertiary alicyclic amines) is 1. The number of rotatable bonds is 9. The van der Waals surface area contributed by atoms with E-state index < -0.39 is 22.2 Å². The molecule has 0 spiro atoms. The number of hydrogen-bond acceptors (Lipinski definition) is 6. The number of carboxylic acids is 1. The lowest BCUT2D eigenvalue weighted by molar-refractivity contribution is -0.192. The molecule has 2 N–H and O–H groups in total. The maximum absolute atomic E-state index is 13.4. The molecule has 2 heterocycles. The highest BCUT2D eigenvalue weighted by Gasteiger charge is 2.38. The number of piperazine rings is 1. The Morgan fingerprint density at radius 3 is 2.16 bits per heavy atom. The minimum atomic E-state index is -5.08. The van der Waals surface area contributed by atoms with Crippen molar-refractivity contribution in [2.75, 3.05) is 52.4 Å². The fourth-order valence-corrected chi connectivity index (χ4v) is 5.43. The number of carbonyl (C=O) groups is 3. The van der Waals surface area contributed by atoms with Gasteiger partial charge in [-0.05, 0) is 36.5 Å². The lowest BCUT2D eigenvalue weighted by Crippen LogP contribution is -2.50. The molecule has 2 fully saturated rings. The number of halogens is 3. The molecule has 0 radical (unpaired) electrons. The van der Waals surface area contributed by atoms with Crippen LogP contribution < -0.4 is 5.32 Å². The van der Waals surface area contributed by atoms with E-state index in [-0.39, 0.29) is 29.8 Å². The van der Waals surface area contributed by atoms with E-state index in [4.69, 9.17) is 9.90 Å². The Kier molecular flexibility index (Phi) is 11.5. The van der Waals surface area contributed by atoms with Gasteiger partial charge >= 0.3 is 12.1 Å². The van der Waals surface area contributed by atoms with Crippen LogP contribution in [0.1, 0.15) is 44.6 Å². The fraction of sp³-hybridized carbons (Fsp3) is 0.625. The van der Waals surface area contributed by atoms with E-state index >= 15 is 0 Å². The molecule has 0 aliphatic carbocycles. The highest BCUT2D eigenvalue weighted by atomic mass is 32.2. The highest BCUT2D eigenvalue weighted by Crippen LogP contribution is 2.21. The molecule has 14 heteroatoms. The van der Waals surface area contributed by atoms with E-state index in [0.29, 0.717) is 51.5 Å². The van der Waals surface area contributed by atoms with Gasteiger partial charge in [0.15, 0.2) is 0 Å². The fourth-order valence-electron chi connectivity index (χ4n) is 4.00. The minimum Gasteiger partial charge on any atom is -0.475 e. The number of carbonyl (C=O) groups excluding carboxylic acids is 2. The van der Waals surface area contributed by atoms with E-state index in [9.17, 15) is 31.2 Å². The van der Waals surface area contributed by atoms with Gasteiger partial charge in [0.1, 0.15) is 0 Å². The van der Waals surface area contributed by atoms with Crippen LogP contribution in [0.3, 0.4) is 0 Å². The number of carboxylic acid groups (broad SMARTS) is 1. The van der Waals surface area contributed by atoms with Crippen molar-refractivity contribution in [1.82, 2.24) is 19.4 Å². The Bertz CT molecular complexity index is 1060. The van der Waals surface area contributed by atoms with Crippen LogP contribution in [-0.4, -0.2) is 104 Å². The summed E-state index contributed by atoms with van der Waals surface area (Å²) in [5.41, 5.74) is 1.06. The number of amides is 2. The standard InChI is InChI=1S/C22H34N4O4S.C2HF3O2/c1-18(2)19-6-8-20(9-7-19)31(29,30)26(14-4-13-24-12-3-5-21(24)27)17-22(28)25-15-10-23-11-16-25;3-2(4,5)1(6)7/h6-9,18,23H,3-5,10-17H2,1-2H3;(H,6,7). The highest BCUT2D eigenvalue weighted by molar-refractivity contribution is 7.89. The van der Waals surface area contributed by atoms with E-state index in [2.05, 4.69) is 19.2 Å². The van der Waals surface area contributed by atoms with Crippen LogP contribution in [0.5, 0.6) is 0 Å². The molecule has 38 heavy (non-hydrogen) atoms. The molecule has 214 valence electrons. The molecule has 0 bridgehead atoms. The maximum atomic E-state index is 13.4. The van der Waals surface area contributed by atoms with Crippen LogP contribution in [0.4, 0.5) is 13.2 Å². The Hall–Kier alpha value is -2.71. The number of aliphatic carboxylic acids is 1. The predicted octanol–water partition coefficient (Wildman–Crippen LogP) is 1.88. The summed E-state index contributed by atoms with van der Waals surface area (Å²) in [5.74, 6) is -2.51. The van der Waals surface area contributed by atoms with Gasteiger partial charge < -0.3 is 20.2 Å². The molecule has 0 unspecified atom stereocenters. The molecule has 0 aromatic heterocycles. The third kappa shape index (κ3) is 9.24. The number of nitrogens with one attached hydrogen (secondary N) is 1. The maximum Gasteiger partial charge on any atom is 0.490 e. The minimum absolute atomic E-state index is 0.121. The van der Waals surface area contributed by atoms with Gasteiger partial charge in [0.25, 0.3) is 0 Å². The quantitative estimate of drug-likeness (QED) is 0.469. The average Bonchev–Trinajstić information content (AvgIpc) is 3.28. The van der Waals surface area contributed by atoms with Crippen LogP contribution in [0.15, 0.2) is 29.2 Å². The van der Waals surface area contributed by atoms with Gasteiger partial charge in [-0.1, -0.05) is 26.0 Å². The topological polar surface area (TPSA) is 127 Å². The SMILES string of the molecule is CC(C)c1ccc(S(=O)(=O)N(CCCN2CCCC2=O)CC(=O)N2CCNCC2)cc1.O=C(O)C(F)(F)F. The van der Waals surface area contributed by atoms with Crippen molar-refractivity contribution in [3.63, 3.8) is 0 Å². The monoisotopic (exact) mass is 564 g/mol. The van der Waals surface area contributed by atoms with Gasteiger partial charge in [0, 0.05) is 52.2 Å². The first-order chi connectivity index (χ1) is 17.7. The summed E-state index contributed by atoms with van der Waals surface area (Å²) < 4.78 is 59.8.